The lowest BCUT2D eigenvalue weighted by atomic mass is 10.1. The maximum Gasteiger partial charge on any atom is 0.236 e. The SMILES string of the molecule is Cc1cccc(N2CCN(CC(=O)N3CCN(CC(=O)N(C)C)CC3)CC2)c1C. The lowest BCUT2D eigenvalue weighted by Crippen LogP contribution is -2.54. The van der Waals surface area contributed by atoms with Crippen molar-refractivity contribution in [3.63, 3.8) is 0 Å². The molecule has 29 heavy (non-hydrogen) atoms. The number of hydrogen-bond acceptors (Lipinski definition) is 5. The molecule has 0 spiro atoms. The second-order valence-corrected chi connectivity index (χ2v) is 8.43. The minimum absolute atomic E-state index is 0.117. The van der Waals surface area contributed by atoms with E-state index in [1.807, 2.05) is 4.90 Å². The topological polar surface area (TPSA) is 50.3 Å². The predicted octanol–water partition coefficient (Wildman–Crippen LogP) is 0.658. The van der Waals surface area contributed by atoms with Crippen LogP contribution in [0.1, 0.15) is 11.1 Å². The summed E-state index contributed by atoms with van der Waals surface area (Å²) in [6, 6.07) is 6.48. The van der Waals surface area contributed by atoms with Gasteiger partial charge in [0.2, 0.25) is 11.8 Å². The molecule has 2 saturated heterocycles. The van der Waals surface area contributed by atoms with E-state index in [1.165, 1.54) is 16.8 Å². The minimum Gasteiger partial charge on any atom is -0.369 e. The van der Waals surface area contributed by atoms with Crippen molar-refractivity contribution in [2.45, 2.75) is 13.8 Å². The monoisotopic (exact) mass is 401 g/mol. The van der Waals surface area contributed by atoms with Gasteiger partial charge in [0.05, 0.1) is 13.1 Å². The van der Waals surface area contributed by atoms with Gasteiger partial charge in [0.1, 0.15) is 0 Å². The quantitative estimate of drug-likeness (QED) is 0.726. The summed E-state index contributed by atoms with van der Waals surface area (Å²) < 4.78 is 0. The highest BCUT2D eigenvalue weighted by molar-refractivity contribution is 5.79. The summed E-state index contributed by atoms with van der Waals surface area (Å²) >= 11 is 0. The lowest BCUT2D eigenvalue weighted by Gasteiger charge is -2.39. The van der Waals surface area contributed by atoms with E-state index in [0.29, 0.717) is 26.2 Å². The molecule has 0 radical (unpaired) electrons. The molecule has 0 N–H and O–H groups in total. The minimum atomic E-state index is 0.117. The normalized spacial score (nSPS) is 18.8. The van der Waals surface area contributed by atoms with Crippen molar-refractivity contribution >= 4 is 17.5 Å². The Morgan fingerprint density at radius 3 is 2.07 bits per heavy atom. The fourth-order valence-electron chi connectivity index (χ4n) is 4.00. The fraction of sp³-hybridized carbons (Fsp3) is 0.636. The van der Waals surface area contributed by atoms with Crippen molar-refractivity contribution in [3.8, 4) is 0 Å². The van der Waals surface area contributed by atoms with E-state index >= 15 is 0 Å². The number of piperazine rings is 2. The van der Waals surface area contributed by atoms with Gasteiger partial charge in [0.15, 0.2) is 0 Å². The molecule has 2 aliphatic rings. The van der Waals surface area contributed by atoms with E-state index in [1.54, 1.807) is 19.0 Å². The number of hydrogen-bond donors (Lipinski definition) is 0. The highest BCUT2D eigenvalue weighted by atomic mass is 16.2. The Balaban J connectivity index is 1.42. The van der Waals surface area contributed by atoms with Crippen molar-refractivity contribution in [1.29, 1.82) is 0 Å². The molecule has 160 valence electrons. The summed E-state index contributed by atoms with van der Waals surface area (Å²) in [6.45, 7) is 12.0. The molecular weight excluding hydrogens is 366 g/mol. The van der Waals surface area contributed by atoms with Crippen LogP contribution in [0, 0.1) is 13.8 Å². The van der Waals surface area contributed by atoms with Gasteiger partial charge in [-0.3, -0.25) is 19.4 Å². The fourth-order valence-corrected chi connectivity index (χ4v) is 4.00. The van der Waals surface area contributed by atoms with E-state index in [-0.39, 0.29) is 11.8 Å². The van der Waals surface area contributed by atoms with Gasteiger partial charge in [-0.15, -0.1) is 0 Å². The first-order chi connectivity index (χ1) is 13.8. The molecule has 0 bridgehead atoms. The van der Waals surface area contributed by atoms with Crippen molar-refractivity contribution in [2.24, 2.45) is 0 Å². The summed E-state index contributed by atoms with van der Waals surface area (Å²) in [6.07, 6.45) is 0. The summed E-state index contributed by atoms with van der Waals surface area (Å²) in [5.41, 5.74) is 3.99. The van der Waals surface area contributed by atoms with Crippen LogP contribution in [0.15, 0.2) is 18.2 Å². The molecule has 7 nitrogen and oxygen atoms in total. The summed E-state index contributed by atoms with van der Waals surface area (Å²) in [4.78, 5) is 35.0. The van der Waals surface area contributed by atoms with Gasteiger partial charge in [0, 0.05) is 72.1 Å². The molecule has 0 saturated carbocycles. The van der Waals surface area contributed by atoms with Crippen LogP contribution in [-0.4, -0.2) is 111 Å². The number of benzene rings is 1. The van der Waals surface area contributed by atoms with Gasteiger partial charge >= 0.3 is 0 Å². The van der Waals surface area contributed by atoms with E-state index in [9.17, 15) is 9.59 Å². The molecule has 0 aromatic heterocycles. The summed E-state index contributed by atoms with van der Waals surface area (Å²) in [7, 11) is 3.56. The summed E-state index contributed by atoms with van der Waals surface area (Å²) in [5.74, 6) is 0.329. The van der Waals surface area contributed by atoms with Crippen LogP contribution in [0.4, 0.5) is 5.69 Å². The van der Waals surface area contributed by atoms with Gasteiger partial charge in [-0.1, -0.05) is 12.1 Å². The number of rotatable bonds is 5. The first kappa shape index (κ1) is 21.6. The van der Waals surface area contributed by atoms with Gasteiger partial charge < -0.3 is 14.7 Å². The van der Waals surface area contributed by atoms with Gasteiger partial charge in [0.25, 0.3) is 0 Å². The predicted molar refractivity (Wildman–Crippen MR) is 116 cm³/mol. The van der Waals surface area contributed by atoms with Crippen molar-refractivity contribution in [1.82, 2.24) is 19.6 Å². The van der Waals surface area contributed by atoms with E-state index < -0.39 is 0 Å². The Labute approximate surface area is 174 Å². The van der Waals surface area contributed by atoms with Crippen LogP contribution in [0.5, 0.6) is 0 Å². The number of amides is 2. The van der Waals surface area contributed by atoms with Crippen LogP contribution >= 0.6 is 0 Å². The maximum atomic E-state index is 12.7. The first-order valence-corrected chi connectivity index (χ1v) is 10.6. The zero-order valence-electron chi connectivity index (χ0n) is 18.4. The number of carbonyl (C=O) groups excluding carboxylic acids is 2. The number of likely N-dealkylation sites (N-methyl/N-ethyl adjacent to an activating group) is 1. The average Bonchev–Trinajstić information content (AvgIpc) is 2.71. The Morgan fingerprint density at radius 2 is 1.45 bits per heavy atom. The molecule has 2 amide bonds. The Hall–Kier alpha value is -2.12. The van der Waals surface area contributed by atoms with E-state index in [0.717, 1.165) is 39.3 Å². The molecule has 0 unspecified atom stereocenters. The van der Waals surface area contributed by atoms with Crippen LogP contribution in [0.25, 0.3) is 0 Å². The second-order valence-electron chi connectivity index (χ2n) is 8.43. The number of nitrogens with zero attached hydrogens (tertiary/aromatic N) is 5. The molecule has 1 aromatic rings. The number of carbonyl (C=O) groups is 2. The second kappa shape index (κ2) is 9.59. The molecule has 2 heterocycles. The number of anilines is 1. The van der Waals surface area contributed by atoms with Gasteiger partial charge in [-0.25, -0.2) is 0 Å². The van der Waals surface area contributed by atoms with Crippen LogP contribution < -0.4 is 4.90 Å². The maximum absolute atomic E-state index is 12.7. The molecule has 2 aliphatic heterocycles. The van der Waals surface area contributed by atoms with Crippen molar-refractivity contribution < 1.29 is 9.59 Å². The third-order valence-electron chi connectivity index (χ3n) is 6.23. The molecule has 0 aliphatic carbocycles. The molecule has 7 heteroatoms. The zero-order valence-corrected chi connectivity index (χ0v) is 18.4. The third kappa shape index (κ3) is 5.48. The zero-order chi connectivity index (χ0) is 21.0. The van der Waals surface area contributed by atoms with Gasteiger partial charge in [-0.2, -0.15) is 0 Å². The summed E-state index contributed by atoms with van der Waals surface area (Å²) in [5, 5.41) is 0. The van der Waals surface area contributed by atoms with E-state index in [4.69, 9.17) is 0 Å². The van der Waals surface area contributed by atoms with Crippen LogP contribution in [0.3, 0.4) is 0 Å². The van der Waals surface area contributed by atoms with Gasteiger partial charge in [-0.05, 0) is 31.0 Å². The third-order valence-corrected chi connectivity index (χ3v) is 6.23. The number of aryl methyl sites for hydroxylation is 1. The van der Waals surface area contributed by atoms with Crippen molar-refractivity contribution in [3.05, 3.63) is 29.3 Å². The first-order valence-electron chi connectivity index (χ1n) is 10.6. The van der Waals surface area contributed by atoms with Crippen LogP contribution in [-0.2, 0) is 9.59 Å². The Kier molecular flexibility index (Phi) is 7.14. The van der Waals surface area contributed by atoms with E-state index in [2.05, 4.69) is 46.7 Å². The molecular formula is C22H35N5O2. The molecule has 2 fully saturated rings. The highest BCUT2D eigenvalue weighted by Gasteiger charge is 2.26. The Morgan fingerprint density at radius 1 is 0.862 bits per heavy atom. The van der Waals surface area contributed by atoms with Crippen LogP contribution in [0.2, 0.25) is 0 Å². The molecule has 3 rings (SSSR count). The highest BCUT2D eigenvalue weighted by Crippen LogP contribution is 2.23. The average molecular weight is 402 g/mol. The van der Waals surface area contributed by atoms with Crippen molar-refractivity contribution in [2.75, 3.05) is 84.4 Å². The lowest BCUT2D eigenvalue weighted by molar-refractivity contribution is -0.135. The smallest absolute Gasteiger partial charge is 0.236 e. The molecule has 0 atom stereocenters. The standard InChI is InChI=1S/C22H35N5O2/c1-18-6-5-7-20(19(18)2)26-12-8-25(9-13-26)17-22(29)27-14-10-24(11-15-27)16-21(28)23(3)4/h5-7H,8-17H2,1-4H3. The Bertz CT molecular complexity index is 720. The molecule has 1 aromatic carbocycles. The largest absolute Gasteiger partial charge is 0.369 e.